The highest BCUT2D eigenvalue weighted by molar-refractivity contribution is 7.16. The Morgan fingerprint density at radius 1 is 1.33 bits per heavy atom. The van der Waals surface area contributed by atoms with E-state index in [1.54, 1.807) is 35.5 Å². The second-order valence-corrected chi connectivity index (χ2v) is 9.08. The Balaban J connectivity index is 1.55. The molecule has 0 unspecified atom stereocenters. The molecule has 9 nitrogen and oxygen atoms in total. The number of carbonyl (C=O) groups excluding carboxylic acids is 1. The van der Waals surface area contributed by atoms with Crippen molar-refractivity contribution in [3.63, 3.8) is 0 Å². The van der Waals surface area contributed by atoms with Crippen molar-refractivity contribution >= 4 is 44.6 Å². The number of aromatic nitrogens is 3. The average Bonchev–Trinajstić information content (AvgIpc) is 3.55. The molecule has 4 heterocycles. The largest absolute Gasteiger partial charge is 0.494 e. The number of carboxylic acid groups (broad SMARTS) is 1. The molecule has 2 N–H and O–H groups in total. The van der Waals surface area contributed by atoms with E-state index in [2.05, 4.69) is 34.3 Å². The Bertz CT molecular complexity index is 1380. The van der Waals surface area contributed by atoms with Gasteiger partial charge in [-0.2, -0.15) is 0 Å². The number of amides is 2. The molecule has 10 heteroatoms. The fraction of sp³-hybridized carbons (Fsp3) is 0.348. The first-order chi connectivity index (χ1) is 15.9. The standard InChI is InChI=1S/C23H25N5O4S/c1-4-28-17(10-13-6-8-33-22(13)28)20-25-16-9-14(11-18(32-3)19(16)26(20)2)21(29)27-7-5-15(12-27)24-23(30)31/h6,8-11,15,24H,4-5,7,12H2,1-3H3,(H,30,31)/t15-/m1/s1. The van der Waals surface area contributed by atoms with Crippen molar-refractivity contribution < 1.29 is 19.4 Å². The predicted octanol–water partition coefficient (Wildman–Crippen LogP) is 3.77. The van der Waals surface area contributed by atoms with Gasteiger partial charge >= 0.3 is 6.09 Å². The number of aryl methyl sites for hydroxylation is 2. The third-order valence-corrected chi connectivity index (χ3v) is 7.20. The Kier molecular flexibility index (Phi) is 5.24. The van der Waals surface area contributed by atoms with E-state index >= 15 is 0 Å². The quantitative estimate of drug-likeness (QED) is 0.465. The van der Waals surface area contributed by atoms with E-state index in [1.165, 1.54) is 10.2 Å². The molecular weight excluding hydrogens is 442 g/mol. The van der Waals surface area contributed by atoms with Gasteiger partial charge < -0.3 is 29.2 Å². The van der Waals surface area contributed by atoms with Crippen LogP contribution in [0.15, 0.2) is 29.6 Å². The van der Waals surface area contributed by atoms with Crippen LogP contribution >= 0.6 is 11.3 Å². The summed E-state index contributed by atoms with van der Waals surface area (Å²) in [5.41, 5.74) is 3.01. The van der Waals surface area contributed by atoms with Gasteiger partial charge in [0.05, 0.1) is 24.4 Å². The van der Waals surface area contributed by atoms with Crippen molar-refractivity contribution in [2.75, 3.05) is 20.2 Å². The molecule has 0 aliphatic carbocycles. The van der Waals surface area contributed by atoms with E-state index in [0.717, 1.165) is 23.6 Å². The van der Waals surface area contributed by atoms with Crippen LogP contribution in [0.25, 0.3) is 32.8 Å². The summed E-state index contributed by atoms with van der Waals surface area (Å²) in [4.78, 5) is 31.9. The molecule has 1 aliphatic rings. The Labute approximate surface area is 194 Å². The molecule has 0 bridgehead atoms. The Hall–Kier alpha value is -3.53. The fourth-order valence-corrected chi connectivity index (χ4v) is 5.67. The van der Waals surface area contributed by atoms with Gasteiger partial charge in [0.1, 0.15) is 16.1 Å². The molecule has 172 valence electrons. The summed E-state index contributed by atoms with van der Waals surface area (Å²) >= 11 is 1.71. The van der Waals surface area contributed by atoms with Crippen molar-refractivity contribution in [2.24, 2.45) is 7.05 Å². The summed E-state index contributed by atoms with van der Waals surface area (Å²) in [7, 11) is 3.54. The third-order valence-electron chi connectivity index (χ3n) is 6.25. The minimum atomic E-state index is -1.07. The summed E-state index contributed by atoms with van der Waals surface area (Å²) < 4.78 is 9.92. The summed E-state index contributed by atoms with van der Waals surface area (Å²) in [6.07, 6.45) is -0.480. The number of fused-ring (bicyclic) bond motifs is 2. The van der Waals surface area contributed by atoms with Crippen LogP contribution in [0.5, 0.6) is 5.75 Å². The highest BCUT2D eigenvalue weighted by atomic mass is 32.1. The first-order valence-electron chi connectivity index (χ1n) is 10.8. The lowest BCUT2D eigenvalue weighted by Crippen LogP contribution is -2.37. The SMILES string of the molecule is CCn1c(-c2nc3cc(C(=O)N4CC[C@@H](NC(=O)O)C4)cc(OC)c3n2C)cc2ccsc21. The number of hydrogen-bond donors (Lipinski definition) is 2. The van der Waals surface area contributed by atoms with E-state index in [1.807, 2.05) is 11.6 Å². The van der Waals surface area contributed by atoms with Gasteiger partial charge in [-0.25, -0.2) is 9.78 Å². The van der Waals surface area contributed by atoms with Crippen molar-refractivity contribution in [3.05, 3.63) is 35.2 Å². The van der Waals surface area contributed by atoms with Crippen LogP contribution in [0.1, 0.15) is 23.7 Å². The highest BCUT2D eigenvalue weighted by Crippen LogP contribution is 2.35. The van der Waals surface area contributed by atoms with Crippen molar-refractivity contribution in [2.45, 2.75) is 25.9 Å². The molecule has 1 saturated heterocycles. The van der Waals surface area contributed by atoms with E-state index in [-0.39, 0.29) is 11.9 Å². The second-order valence-electron chi connectivity index (χ2n) is 8.18. The minimum Gasteiger partial charge on any atom is -0.494 e. The average molecular weight is 468 g/mol. The summed E-state index contributed by atoms with van der Waals surface area (Å²) in [5, 5.41) is 14.7. The zero-order chi connectivity index (χ0) is 23.3. The fourth-order valence-electron chi connectivity index (χ4n) is 4.71. The minimum absolute atomic E-state index is 0.158. The van der Waals surface area contributed by atoms with Gasteiger partial charge in [-0.05, 0) is 43.0 Å². The molecule has 0 spiro atoms. The number of nitrogens with one attached hydrogen (secondary N) is 1. The second kappa shape index (κ2) is 8.11. The molecule has 3 aromatic heterocycles. The van der Waals surface area contributed by atoms with Crippen LogP contribution in [0.4, 0.5) is 4.79 Å². The first-order valence-corrected chi connectivity index (χ1v) is 11.7. The predicted molar refractivity (Wildman–Crippen MR) is 127 cm³/mol. The molecule has 1 atom stereocenters. The number of benzene rings is 1. The zero-order valence-electron chi connectivity index (χ0n) is 18.7. The monoisotopic (exact) mass is 467 g/mol. The normalized spacial score (nSPS) is 16.1. The van der Waals surface area contributed by atoms with Gasteiger partial charge in [0.15, 0.2) is 5.82 Å². The van der Waals surface area contributed by atoms with E-state index in [4.69, 9.17) is 14.8 Å². The Morgan fingerprint density at radius 3 is 2.88 bits per heavy atom. The van der Waals surface area contributed by atoms with Gasteiger partial charge in [-0.15, -0.1) is 11.3 Å². The maximum absolute atomic E-state index is 13.2. The van der Waals surface area contributed by atoms with Crippen LogP contribution in [0.3, 0.4) is 0 Å². The topological polar surface area (TPSA) is 102 Å². The molecule has 4 aromatic rings. The van der Waals surface area contributed by atoms with Gasteiger partial charge in [-0.1, -0.05) is 0 Å². The number of methoxy groups -OCH3 is 1. The molecule has 1 fully saturated rings. The zero-order valence-corrected chi connectivity index (χ0v) is 19.5. The lowest BCUT2D eigenvalue weighted by atomic mass is 10.1. The maximum atomic E-state index is 13.2. The molecule has 1 aromatic carbocycles. The van der Waals surface area contributed by atoms with Crippen LogP contribution in [-0.2, 0) is 13.6 Å². The lowest BCUT2D eigenvalue weighted by Gasteiger charge is -2.17. The smallest absolute Gasteiger partial charge is 0.404 e. The molecule has 0 saturated carbocycles. The number of hydrogen-bond acceptors (Lipinski definition) is 5. The number of nitrogens with zero attached hydrogens (tertiary/aromatic N) is 4. The van der Waals surface area contributed by atoms with Gasteiger partial charge in [0, 0.05) is 37.6 Å². The van der Waals surface area contributed by atoms with E-state index in [0.29, 0.717) is 36.3 Å². The summed E-state index contributed by atoms with van der Waals surface area (Å²) in [6.45, 7) is 3.78. The maximum Gasteiger partial charge on any atom is 0.404 e. The number of imidazole rings is 1. The number of carbonyl (C=O) groups is 2. The number of ether oxygens (including phenoxy) is 1. The van der Waals surface area contributed by atoms with E-state index in [9.17, 15) is 9.59 Å². The third kappa shape index (κ3) is 3.50. The summed E-state index contributed by atoms with van der Waals surface area (Å²) in [6, 6.07) is 7.54. The molecule has 33 heavy (non-hydrogen) atoms. The number of thiophene rings is 1. The van der Waals surface area contributed by atoms with Gasteiger partial charge in [0.25, 0.3) is 5.91 Å². The van der Waals surface area contributed by atoms with Crippen molar-refractivity contribution in [1.29, 1.82) is 0 Å². The first kappa shape index (κ1) is 21.3. The molecule has 1 aliphatic heterocycles. The molecule has 2 amide bonds. The van der Waals surface area contributed by atoms with E-state index < -0.39 is 6.09 Å². The van der Waals surface area contributed by atoms with Gasteiger partial charge in [0.2, 0.25) is 0 Å². The molecule has 0 radical (unpaired) electrons. The number of likely N-dealkylation sites (tertiary alicyclic amines) is 1. The van der Waals surface area contributed by atoms with Crippen LogP contribution < -0.4 is 10.1 Å². The van der Waals surface area contributed by atoms with Gasteiger partial charge in [-0.3, -0.25) is 4.79 Å². The lowest BCUT2D eigenvalue weighted by molar-refractivity contribution is 0.0788. The molecule has 5 rings (SSSR count). The van der Waals surface area contributed by atoms with Crippen molar-refractivity contribution in [1.82, 2.24) is 24.3 Å². The summed E-state index contributed by atoms with van der Waals surface area (Å²) in [5.74, 6) is 1.23. The molecular formula is C23H25N5O4S. The Morgan fingerprint density at radius 2 is 2.15 bits per heavy atom. The highest BCUT2D eigenvalue weighted by Gasteiger charge is 2.29. The van der Waals surface area contributed by atoms with Crippen molar-refractivity contribution in [3.8, 4) is 17.3 Å². The van der Waals surface area contributed by atoms with Crippen LogP contribution in [-0.4, -0.2) is 62.4 Å². The van der Waals surface area contributed by atoms with Crippen LogP contribution in [0.2, 0.25) is 0 Å². The number of rotatable bonds is 5. The van der Waals surface area contributed by atoms with Crippen LogP contribution in [0, 0.1) is 0 Å².